The molecule has 0 fully saturated rings. The van der Waals surface area contributed by atoms with Gasteiger partial charge in [-0.1, -0.05) is 39.0 Å². The van der Waals surface area contributed by atoms with Gasteiger partial charge in [-0.25, -0.2) is 0 Å². The van der Waals surface area contributed by atoms with E-state index in [1.54, 1.807) is 13.8 Å². The molecule has 0 radical (unpaired) electrons. The lowest BCUT2D eigenvalue weighted by atomic mass is 9.96. The van der Waals surface area contributed by atoms with Crippen molar-refractivity contribution in [1.29, 1.82) is 0 Å². The predicted molar refractivity (Wildman–Crippen MR) is 93.5 cm³/mol. The van der Waals surface area contributed by atoms with Crippen LogP contribution in [0.15, 0.2) is 21.5 Å². The van der Waals surface area contributed by atoms with E-state index in [-0.39, 0.29) is 5.91 Å². The summed E-state index contributed by atoms with van der Waals surface area (Å²) in [4.78, 5) is 23.8. The molecule has 24 heavy (non-hydrogen) atoms. The zero-order chi connectivity index (χ0) is 17.8. The van der Waals surface area contributed by atoms with Gasteiger partial charge in [0.25, 0.3) is 5.91 Å². The highest BCUT2D eigenvalue weighted by Gasteiger charge is 2.31. The average molecular weight is 337 g/mol. The van der Waals surface area contributed by atoms with Crippen molar-refractivity contribution in [2.75, 3.05) is 19.8 Å². The second-order valence-electron chi connectivity index (χ2n) is 6.26. The van der Waals surface area contributed by atoms with Crippen LogP contribution in [0.3, 0.4) is 0 Å². The number of carbonyl (C=O) groups is 2. The number of ether oxygens (including phenoxy) is 1. The van der Waals surface area contributed by atoms with Gasteiger partial charge in [-0.15, -0.1) is 5.11 Å². The number of nitrogens with zero attached hydrogens (tertiary/aromatic N) is 2. The lowest BCUT2D eigenvalue weighted by Gasteiger charge is -2.17. The topological polar surface area (TPSA) is 80.1 Å². The molecule has 0 saturated heterocycles. The second kappa shape index (κ2) is 11.9. The van der Waals surface area contributed by atoms with E-state index in [1.165, 1.54) is 32.1 Å². The fourth-order valence-corrected chi connectivity index (χ4v) is 2.54. The third-order valence-electron chi connectivity index (χ3n) is 4.22. The Balaban J connectivity index is 2.06. The van der Waals surface area contributed by atoms with Crippen LogP contribution >= 0.6 is 0 Å². The van der Waals surface area contributed by atoms with Gasteiger partial charge in [0.05, 0.1) is 5.70 Å². The van der Waals surface area contributed by atoms with E-state index < -0.39 is 11.8 Å². The molecule has 136 valence electrons. The molecule has 0 bridgehead atoms. The van der Waals surface area contributed by atoms with E-state index in [9.17, 15) is 9.59 Å². The smallest absolute Gasteiger partial charge is 0.281 e. The van der Waals surface area contributed by atoms with Gasteiger partial charge in [0.15, 0.2) is 0 Å². The van der Waals surface area contributed by atoms with E-state index in [0.29, 0.717) is 24.4 Å². The molecule has 0 aromatic heterocycles. The van der Waals surface area contributed by atoms with Gasteiger partial charge < -0.3 is 10.1 Å². The van der Waals surface area contributed by atoms with Crippen molar-refractivity contribution in [3.8, 4) is 0 Å². The van der Waals surface area contributed by atoms with E-state index in [1.807, 2.05) is 0 Å². The van der Waals surface area contributed by atoms with Gasteiger partial charge in [-0.3, -0.25) is 9.59 Å². The molecule has 1 heterocycles. The fourth-order valence-electron chi connectivity index (χ4n) is 2.54. The Labute approximate surface area is 145 Å². The molecule has 0 saturated carbocycles. The van der Waals surface area contributed by atoms with Gasteiger partial charge >= 0.3 is 0 Å². The summed E-state index contributed by atoms with van der Waals surface area (Å²) in [5, 5.41) is 10.0. The SMILES string of the molecule is CCCCCCCCOCCCNC(=O)C1C(=O)N=NC(C)=C1C. The first-order valence-corrected chi connectivity index (χ1v) is 9.06. The molecule has 2 amide bonds. The number of hydrogen-bond donors (Lipinski definition) is 1. The molecular weight excluding hydrogens is 306 g/mol. The van der Waals surface area contributed by atoms with Gasteiger partial charge in [0.2, 0.25) is 5.91 Å². The number of carbonyl (C=O) groups excluding carboxylic acids is 2. The maximum atomic E-state index is 12.1. The van der Waals surface area contributed by atoms with Crippen LogP contribution in [0.4, 0.5) is 0 Å². The summed E-state index contributed by atoms with van der Waals surface area (Å²) in [7, 11) is 0. The van der Waals surface area contributed by atoms with E-state index in [2.05, 4.69) is 22.5 Å². The van der Waals surface area contributed by atoms with Crippen LogP contribution in [-0.2, 0) is 14.3 Å². The Hall–Kier alpha value is -1.56. The summed E-state index contributed by atoms with van der Waals surface area (Å²) in [5.74, 6) is -1.62. The molecule has 1 unspecified atom stereocenters. The van der Waals surface area contributed by atoms with Gasteiger partial charge in [-0.2, -0.15) is 5.11 Å². The molecule has 0 spiro atoms. The summed E-state index contributed by atoms with van der Waals surface area (Å²) >= 11 is 0. The average Bonchev–Trinajstić information content (AvgIpc) is 2.56. The Morgan fingerprint density at radius 1 is 1.04 bits per heavy atom. The van der Waals surface area contributed by atoms with Gasteiger partial charge in [0.1, 0.15) is 5.92 Å². The predicted octanol–water partition coefficient (Wildman–Crippen LogP) is 3.77. The quantitative estimate of drug-likeness (QED) is 0.435. The Morgan fingerprint density at radius 2 is 1.71 bits per heavy atom. The van der Waals surface area contributed by atoms with Crippen LogP contribution < -0.4 is 5.32 Å². The van der Waals surface area contributed by atoms with Crippen molar-refractivity contribution in [2.45, 2.75) is 65.7 Å². The molecule has 0 aromatic rings. The van der Waals surface area contributed by atoms with Crippen molar-refractivity contribution in [3.63, 3.8) is 0 Å². The molecular formula is C18H31N3O3. The number of allylic oxidation sites excluding steroid dienone is 1. The van der Waals surface area contributed by atoms with Crippen LogP contribution in [0.5, 0.6) is 0 Å². The minimum atomic E-state index is -0.827. The maximum absolute atomic E-state index is 12.1. The molecule has 1 atom stereocenters. The molecule has 1 aliphatic heterocycles. The molecule has 6 heteroatoms. The van der Waals surface area contributed by atoms with Crippen molar-refractivity contribution < 1.29 is 14.3 Å². The number of amides is 2. The van der Waals surface area contributed by atoms with Gasteiger partial charge in [0, 0.05) is 19.8 Å². The summed E-state index contributed by atoms with van der Waals surface area (Å²) in [6, 6.07) is 0. The first-order valence-electron chi connectivity index (χ1n) is 9.06. The van der Waals surface area contributed by atoms with Crippen molar-refractivity contribution in [2.24, 2.45) is 16.1 Å². The maximum Gasteiger partial charge on any atom is 0.281 e. The van der Waals surface area contributed by atoms with Crippen molar-refractivity contribution in [3.05, 3.63) is 11.3 Å². The number of nitrogens with one attached hydrogen (secondary N) is 1. The highest BCUT2D eigenvalue weighted by Crippen LogP contribution is 2.22. The third-order valence-corrected chi connectivity index (χ3v) is 4.22. The summed E-state index contributed by atoms with van der Waals surface area (Å²) in [5.41, 5.74) is 1.31. The lowest BCUT2D eigenvalue weighted by molar-refractivity contribution is -0.132. The molecule has 1 rings (SSSR count). The van der Waals surface area contributed by atoms with Crippen molar-refractivity contribution >= 4 is 11.8 Å². The zero-order valence-electron chi connectivity index (χ0n) is 15.3. The van der Waals surface area contributed by atoms with Crippen LogP contribution in [0.2, 0.25) is 0 Å². The summed E-state index contributed by atoms with van der Waals surface area (Å²) in [6.07, 6.45) is 8.25. The lowest BCUT2D eigenvalue weighted by Crippen LogP contribution is -2.37. The minimum Gasteiger partial charge on any atom is -0.381 e. The first-order chi connectivity index (χ1) is 11.6. The minimum absolute atomic E-state index is 0.300. The molecule has 1 N–H and O–H groups in total. The van der Waals surface area contributed by atoms with E-state index in [4.69, 9.17) is 4.74 Å². The molecule has 1 aliphatic rings. The van der Waals surface area contributed by atoms with Crippen LogP contribution in [0.1, 0.15) is 65.7 Å². The number of hydrogen-bond acceptors (Lipinski definition) is 4. The first kappa shape index (κ1) is 20.5. The third kappa shape index (κ3) is 7.34. The number of unbranched alkanes of at least 4 members (excludes halogenated alkanes) is 5. The van der Waals surface area contributed by atoms with Crippen LogP contribution in [-0.4, -0.2) is 31.6 Å². The summed E-state index contributed by atoms with van der Waals surface area (Å²) in [6.45, 7) is 7.63. The number of rotatable bonds is 12. The molecule has 0 aliphatic carbocycles. The highest BCUT2D eigenvalue weighted by molar-refractivity contribution is 6.03. The molecule has 6 nitrogen and oxygen atoms in total. The number of azo groups is 1. The zero-order valence-corrected chi connectivity index (χ0v) is 15.3. The Morgan fingerprint density at radius 3 is 2.46 bits per heavy atom. The van der Waals surface area contributed by atoms with Crippen LogP contribution in [0, 0.1) is 5.92 Å². The standard InChI is InChI=1S/C18H31N3O3/c1-4-5-6-7-8-9-12-24-13-10-11-19-17(22)16-14(2)15(3)20-21-18(16)23/h16H,4-13H2,1-3H3,(H,19,22). The molecule has 0 aromatic carbocycles. The summed E-state index contributed by atoms with van der Waals surface area (Å²) < 4.78 is 5.57. The Bertz CT molecular complexity index is 472. The van der Waals surface area contributed by atoms with Gasteiger partial charge in [-0.05, 0) is 32.3 Å². The normalized spacial score (nSPS) is 17.5. The van der Waals surface area contributed by atoms with Crippen molar-refractivity contribution in [1.82, 2.24) is 5.32 Å². The van der Waals surface area contributed by atoms with E-state index in [0.717, 1.165) is 19.4 Å². The largest absolute Gasteiger partial charge is 0.381 e. The second-order valence-corrected chi connectivity index (χ2v) is 6.26. The monoisotopic (exact) mass is 337 g/mol. The highest BCUT2D eigenvalue weighted by atomic mass is 16.5. The van der Waals surface area contributed by atoms with Crippen LogP contribution in [0.25, 0.3) is 0 Å². The Kier molecular flexibility index (Phi) is 10.2. The van der Waals surface area contributed by atoms with E-state index >= 15 is 0 Å². The fraction of sp³-hybridized carbons (Fsp3) is 0.778.